The minimum atomic E-state index is -0.0133. The van der Waals surface area contributed by atoms with Gasteiger partial charge in [-0.05, 0) is 30.4 Å². The Balaban J connectivity index is 1.38. The van der Waals surface area contributed by atoms with Crippen molar-refractivity contribution in [3.8, 4) is 21.8 Å². The van der Waals surface area contributed by atoms with Gasteiger partial charge in [0.05, 0.1) is 17.0 Å². The summed E-state index contributed by atoms with van der Waals surface area (Å²) in [4.78, 5) is 24.5. The summed E-state index contributed by atoms with van der Waals surface area (Å²) in [5.41, 5.74) is 6.54. The highest BCUT2D eigenvalue weighted by molar-refractivity contribution is 7.13. The number of carbonyl (C=O) groups excluding carboxylic acids is 1. The molecule has 4 aromatic rings. The van der Waals surface area contributed by atoms with Gasteiger partial charge in [-0.3, -0.25) is 9.78 Å². The van der Waals surface area contributed by atoms with Gasteiger partial charge < -0.3 is 10.3 Å². The Morgan fingerprint density at radius 2 is 1.86 bits per heavy atom. The average molecular weight is 398 g/mol. The molecule has 1 aromatic carbocycles. The number of benzene rings is 1. The summed E-state index contributed by atoms with van der Waals surface area (Å²) in [6, 6.07) is 16.0. The molecule has 1 aliphatic rings. The molecule has 0 atom stereocenters. The van der Waals surface area contributed by atoms with E-state index in [1.807, 2.05) is 53.9 Å². The van der Waals surface area contributed by atoms with Gasteiger partial charge in [0.15, 0.2) is 0 Å². The van der Waals surface area contributed by atoms with Crippen molar-refractivity contribution in [2.75, 3.05) is 6.54 Å². The summed E-state index contributed by atoms with van der Waals surface area (Å²) in [6.45, 7) is 0.675. The van der Waals surface area contributed by atoms with Crippen LogP contribution in [0.2, 0.25) is 0 Å². The molecule has 0 saturated heterocycles. The molecule has 0 bridgehead atoms. The molecule has 29 heavy (non-hydrogen) atoms. The summed E-state index contributed by atoms with van der Waals surface area (Å²) >= 11 is 1.63. The molecule has 2 N–H and O–H groups in total. The first-order chi connectivity index (χ1) is 14.3. The number of H-pyrrole nitrogens is 1. The molecule has 0 saturated carbocycles. The third kappa shape index (κ3) is 3.62. The number of aromatic amines is 1. The normalized spacial score (nSPS) is 13.4. The van der Waals surface area contributed by atoms with Gasteiger partial charge >= 0.3 is 0 Å². The number of nitrogens with one attached hydrogen (secondary N) is 2. The lowest BCUT2D eigenvalue weighted by atomic mass is 10.1. The molecule has 6 heteroatoms. The predicted octanol–water partition coefficient (Wildman–Crippen LogP) is 4.66. The highest BCUT2D eigenvalue weighted by Crippen LogP contribution is 2.26. The number of amides is 1. The minimum Gasteiger partial charge on any atom is -0.358 e. The Morgan fingerprint density at radius 3 is 2.72 bits per heavy atom. The zero-order valence-corrected chi connectivity index (χ0v) is 16.4. The minimum absolute atomic E-state index is 0.0133. The molecule has 3 aromatic heterocycles. The number of rotatable bonds is 4. The number of carbonyl (C=O) groups is 1. The first kappa shape index (κ1) is 17.6. The molecule has 4 heterocycles. The molecule has 0 unspecified atom stereocenters. The van der Waals surface area contributed by atoms with Crippen LogP contribution in [0.15, 0.2) is 60.1 Å². The lowest BCUT2D eigenvalue weighted by Crippen LogP contribution is -2.31. The van der Waals surface area contributed by atoms with Crippen LogP contribution in [0.5, 0.6) is 0 Å². The van der Waals surface area contributed by atoms with E-state index < -0.39 is 0 Å². The Morgan fingerprint density at radius 1 is 1.00 bits per heavy atom. The molecule has 0 radical (unpaired) electrons. The van der Waals surface area contributed by atoms with Gasteiger partial charge in [0, 0.05) is 47.1 Å². The number of thiazole rings is 1. The Bertz CT molecular complexity index is 1210. The fourth-order valence-electron chi connectivity index (χ4n) is 3.40. The van der Waals surface area contributed by atoms with Crippen molar-refractivity contribution in [1.29, 1.82) is 0 Å². The molecule has 5 nitrogen and oxygen atoms in total. The van der Waals surface area contributed by atoms with Crippen molar-refractivity contribution < 1.29 is 4.79 Å². The fraction of sp³-hybridized carbons (Fsp3) is 0.0870. The number of fused-ring (bicyclic) bond motifs is 1. The first-order valence-corrected chi connectivity index (χ1v) is 10.3. The maximum atomic E-state index is 12.0. The van der Waals surface area contributed by atoms with Crippen molar-refractivity contribution in [3.05, 3.63) is 82.8 Å². The van der Waals surface area contributed by atoms with E-state index in [4.69, 9.17) is 0 Å². The molecule has 0 fully saturated rings. The average Bonchev–Trinajstić information content (AvgIpc) is 3.41. The van der Waals surface area contributed by atoms with Gasteiger partial charge in [-0.15, -0.1) is 11.3 Å². The zero-order valence-electron chi connectivity index (χ0n) is 15.6. The van der Waals surface area contributed by atoms with Crippen LogP contribution in [0.1, 0.15) is 27.4 Å². The van der Waals surface area contributed by atoms with Gasteiger partial charge in [-0.25, -0.2) is 4.98 Å². The van der Waals surface area contributed by atoms with E-state index in [2.05, 4.69) is 32.4 Å². The van der Waals surface area contributed by atoms with E-state index in [0.717, 1.165) is 50.9 Å². The van der Waals surface area contributed by atoms with Gasteiger partial charge in [0.25, 0.3) is 5.91 Å². The topological polar surface area (TPSA) is 70.7 Å². The summed E-state index contributed by atoms with van der Waals surface area (Å²) in [5.74, 6) is -0.0133. The third-order valence-electron chi connectivity index (χ3n) is 4.86. The smallest absolute Gasteiger partial charge is 0.253 e. The maximum absolute atomic E-state index is 12.0. The number of hydrogen-bond acceptors (Lipinski definition) is 4. The van der Waals surface area contributed by atoms with Crippen LogP contribution in [0.25, 0.3) is 34.0 Å². The standard InChI is InChI=1S/C23H18N4OS/c28-22-19-13-21(27-20(19)9-11-25-22)16-8-10-24-17(12-16)6-7-18-14-29-23(26-18)15-4-2-1-3-5-15/h1-8,10,12-14,27H,9,11H2,(H,25,28)/b7-6-. The Hall–Kier alpha value is -3.51. The van der Waals surface area contributed by atoms with E-state index in [1.165, 1.54) is 0 Å². The highest BCUT2D eigenvalue weighted by Gasteiger charge is 2.19. The van der Waals surface area contributed by atoms with Gasteiger partial charge in [-0.1, -0.05) is 30.3 Å². The number of nitrogens with zero attached hydrogens (tertiary/aromatic N) is 2. The largest absolute Gasteiger partial charge is 0.358 e. The van der Waals surface area contributed by atoms with Crippen LogP contribution >= 0.6 is 11.3 Å². The fourth-order valence-corrected chi connectivity index (χ4v) is 4.20. The first-order valence-electron chi connectivity index (χ1n) is 9.42. The van der Waals surface area contributed by atoms with Crippen LogP contribution in [-0.2, 0) is 6.42 Å². The molecule has 0 aliphatic carbocycles. The van der Waals surface area contributed by atoms with Crippen LogP contribution in [0.4, 0.5) is 0 Å². The summed E-state index contributed by atoms with van der Waals surface area (Å²) in [5, 5.41) is 5.92. The number of aromatic nitrogens is 3. The van der Waals surface area contributed by atoms with Gasteiger partial charge in [0.2, 0.25) is 0 Å². The van der Waals surface area contributed by atoms with Crippen LogP contribution in [0.3, 0.4) is 0 Å². The lowest BCUT2D eigenvalue weighted by Gasteiger charge is -2.10. The summed E-state index contributed by atoms with van der Waals surface area (Å²) < 4.78 is 0. The van der Waals surface area contributed by atoms with Crippen molar-refractivity contribution in [3.63, 3.8) is 0 Å². The zero-order chi connectivity index (χ0) is 19.6. The van der Waals surface area contributed by atoms with Crippen molar-refractivity contribution >= 4 is 29.4 Å². The maximum Gasteiger partial charge on any atom is 0.253 e. The second-order valence-corrected chi connectivity index (χ2v) is 7.69. The molecule has 5 rings (SSSR count). The molecule has 1 aliphatic heterocycles. The lowest BCUT2D eigenvalue weighted by molar-refractivity contribution is 0.0946. The van der Waals surface area contributed by atoms with Crippen molar-refractivity contribution in [2.45, 2.75) is 6.42 Å². The van der Waals surface area contributed by atoms with Crippen LogP contribution in [0, 0.1) is 0 Å². The van der Waals surface area contributed by atoms with Crippen molar-refractivity contribution in [1.82, 2.24) is 20.3 Å². The van der Waals surface area contributed by atoms with Gasteiger partial charge in [0.1, 0.15) is 5.01 Å². The Labute approximate surface area is 172 Å². The SMILES string of the molecule is O=C1NCCc2[nH]c(-c3ccnc(/C=C\c4csc(-c5ccccc5)n4)c3)cc21. The van der Waals surface area contributed by atoms with E-state index in [0.29, 0.717) is 6.54 Å². The molecule has 142 valence electrons. The van der Waals surface area contributed by atoms with E-state index in [1.54, 1.807) is 17.5 Å². The van der Waals surface area contributed by atoms with E-state index in [9.17, 15) is 4.79 Å². The molecular weight excluding hydrogens is 380 g/mol. The van der Waals surface area contributed by atoms with E-state index in [-0.39, 0.29) is 5.91 Å². The highest BCUT2D eigenvalue weighted by atomic mass is 32.1. The third-order valence-corrected chi connectivity index (χ3v) is 5.77. The van der Waals surface area contributed by atoms with E-state index >= 15 is 0 Å². The quantitative estimate of drug-likeness (QED) is 0.525. The molecular formula is C23H18N4OS. The summed E-state index contributed by atoms with van der Waals surface area (Å²) in [7, 11) is 0. The molecule has 0 spiro atoms. The summed E-state index contributed by atoms with van der Waals surface area (Å²) in [6.07, 6.45) is 6.54. The second kappa shape index (κ2) is 7.48. The number of hydrogen-bond donors (Lipinski definition) is 2. The van der Waals surface area contributed by atoms with Crippen molar-refractivity contribution in [2.24, 2.45) is 0 Å². The monoisotopic (exact) mass is 398 g/mol. The Kier molecular flexibility index (Phi) is 4.54. The second-order valence-electron chi connectivity index (χ2n) is 6.83. The predicted molar refractivity (Wildman–Crippen MR) is 117 cm³/mol. The van der Waals surface area contributed by atoms with Crippen LogP contribution in [-0.4, -0.2) is 27.4 Å². The van der Waals surface area contributed by atoms with Crippen LogP contribution < -0.4 is 5.32 Å². The molecule has 1 amide bonds. The number of pyridine rings is 1. The van der Waals surface area contributed by atoms with Gasteiger partial charge in [-0.2, -0.15) is 0 Å².